The second kappa shape index (κ2) is 9.30. The van der Waals surface area contributed by atoms with Crippen LogP contribution in [0.4, 0.5) is 0 Å². The molecular formula is C26H29N5O3S. The van der Waals surface area contributed by atoms with E-state index in [0.717, 1.165) is 28.0 Å². The van der Waals surface area contributed by atoms with Crippen LogP contribution in [-0.2, 0) is 21.4 Å². The van der Waals surface area contributed by atoms with Gasteiger partial charge in [0.25, 0.3) is 10.0 Å². The van der Waals surface area contributed by atoms with E-state index in [4.69, 9.17) is 0 Å². The van der Waals surface area contributed by atoms with Crippen LogP contribution in [0.1, 0.15) is 43.1 Å². The molecule has 2 aliphatic rings. The van der Waals surface area contributed by atoms with Gasteiger partial charge in [-0.25, -0.2) is 4.98 Å². The van der Waals surface area contributed by atoms with Crippen molar-refractivity contribution in [3.63, 3.8) is 0 Å². The molecule has 9 heteroatoms. The molecule has 0 saturated carbocycles. The fraction of sp³-hybridized carbons (Fsp3) is 0.346. The number of sulfonamides is 1. The Morgan fingerprint density at radius 3 is 2.51 bits per heavy atom. The molecule has 5 rings (SSSR count). The third-order valence-corrected chi connectivity index (χ3v) is 8.12. The van der Waals surface area contributed by atoms with E-state index in [2.05, 4.69) is 19.7 Å². The first-order valence-electron chi connectivity index (χ1n) is 12.0. The van der Waals surface area contributed by atoms with Crippen LogP contribution in [0.3, 0.4) is 0 Å². The first-order valence-corrected chi connectivity index (χ1v) is 13.4. The molecule has 0 radical (unpaired) electrons. The van der Waals surface area contributed by atoms with Crippen molar-refractivity contribution >= 4 is 37.7 Å². The van der Waals surface area contributed by atoms with Gasteiger partial charge in [-0.1, -0.05) is 48.9 Å². The molecule has 2 N–H and O–H groups in total. The number of aromatic amines is 1. The van der Waals surface area contributed by atoms with Crippen LogP contribution in [0.15, 0.2) is 58.5 Å². The molecule has 1 saturated heterocycles. The molecular weight excluding hydrogens is 462 g/mol. The van der Waals surface area contributed by atoms with Crippen LogP contribution in [0.2, 0.25) is 0 Å². The van der Waals surface area contributed by atoms with Crippen molar-refractivity contribution in [2.45, 2.75) is 39.7 Å². The number of hydrogen-bond acceptors (Lipinski definition) is 5. The second-order valence-electron chi connectivity index (χ2n) is 9.10. The van der Waals surface area contributed by atoms with Gasteiger partial charge in [0.15, 0.2) is 0 Å². The van der Waals surface area contributed by atoms with Crippen LogP contribution in [-0.4, -0.2) is 48.1 Å². The van der Waals surface area contributed by atoms with Gasteiger partial charge in [0.2, 0.25) is 5.91 Å². The van der Waals surface area contributed by atoms with Crippen molar-refractivity contribution in [3.8, 4) is 0 Å². The van der Waals surface area contributed by atoms with Crippen molar-refractivity contribution in [3.05, 3.63) is 71.1 Å². The molecule has 0 aliphatic carbocycles. The Morgan fingerprint density at radius 2 is 1.83 bits per heavy atom. The van der Waals surface area contributed by atoms with Gasteiger partial charge in [0, 0.05) is 24.6 Å². The molecule has 2 aliphatic heterocycles. The standard InChI is InChI=1S/C26H29N5O3S/c1-3-20-24(18-10-8-17(2)9-11-18)35(33,34)30-25(20)31-14-12-19(13-15-31)26(32)27-16-23-28-21-6-4-5-7-22(21)29-23/h4-11,19H,3,12-16H2,1-2H3,(H,27,32)(H,28,29). The fourth-order valence-corrected chi connectivity index (χ4v) is 6.35. The predicted molar refractivity (Wildman–Crippen MR) is 137 cm³/mol. The first kappa shape index (κ1) is 23.3. The highest BCUT2D eigenvalue weighted by molar-refractivity contribution is 8.00. The number of aryl methyl sites for hydroxylation is 1. The van der Waals surface area contributed by atoms with E-state index in [1.54, 1.807) is 0 Å². The number of para-hydroxylation sites is 2. The summed E-state index contributed by atoms with van der Waals surface area (Å²) in [6.45, 7) is 5.45. The van der Waals surface area contributed by atoms with Crippen molar-refractivity contribution in [2.75, 3.05) is 13.1 Å². The summed E-state index contributed by atoms with van der Waals surface area (Å²) in [6.07, 6.45) is 1.85. The third-order valence-electron chi connectivity index (χ3n) is 6.71. The Balaban J connectivity index is 1.24. The number of likely N-dealkylation sites (tertiary alicyclic amines) is 1. The normalized spacial score (nSPS) is 18.2. The Morgan fingerprint density at radius 1 is 1.11 bits per heavy atom. The highest BCUT2D eigenvalue weighted by Gasteiger charge is 2.36. The van der Waals surface area contributed by atoms with Gasteiger partial charge in [0.05, 0.1) is 17.6 Å². The molecule has 2 aromatic carbocycles. The number of hydrogen-bond donors (Lipinski definition) is 2. The lowest BCUT2D eigenvalue weighted by Crippen LogP contribution is -2.43. The van der Waals surface area contributed by atoms with E-state index in [1.165, 1.54) is 0 Å². The number of carbonyl (C=O) groups is 1. The smallest absolute Gasteiger partial charge is 0.285 e. The molecule has 182 valence electrons. The number of rotatable bonds is 5. The highest BCUT2D eigenvalue weighted by atomic mass is 32.2. The van der Waals surface area contributed by atoms with Crippen molar-refractivity contribution < 1.29 is 13.2 Å². The van der Waals surface area contributed by atoms with Crippen molar-refractivity contribution in [1.29, 1.82) is 0 Å². The van der Waals surface area contributed by atoms with Gasteiger partial charge >= 0.3 is 0 Å². The highest BCUT2D eigenvalue weighted by Crippen LogP contribution is 2.36. The minimum atomic E-state index is -3.76. The topological polar surface area (TPSA) is 108 Å². The number of benzene rings is 2. The molecule has 3 heterocycles. The minimum absolute atomic E-state index is 0.00214. The lowest BCUT2D eigenvalue weighted by Gasteiger charge is -2.33. The number of H-pyrrole nitrogens is 1. The zero-order chi connectivity index (χ0) is 24.6. The summed E-state index contributed by atoms with van der Waals surface area (Å²) < 4.78 is 30.1. The zero-order valence-electron chi connectivity index (χ0n) is 19.9. The van der Waals surface area contributed by atoms with Gasteiger partial charge in [-0.15, -0.1) is 4.40 Å². The summed E-state index contributed by atoms with van der Waals surface area (Å²) in [5, 5.41) is 2.99. The molecule has 3 aromatic rings. The van der Waals surface area contributed by atoms with E-state index in [1.807, 2.05) is 67.3 Å². The van der Waals surface area contributed by atoms with Crippen LogP contribution >= 0.6 is 0 Å². The molecule has 1 fully saturated rings. The number of carbonyl (C=O) groups excluding carboxylic acids is 1. The largest absolute Gasteiger partial charge is 0.356 e. The number of aromatic nitrogens is 2. The number of nitrogens with one attached hydrogen (secondary N) is 2. The maximum atomic E-state index is 13.0. The number of imidazole rings is 1. The van der Waals surface area contributed by atoms with E-state index in [0.29, 0.717) is 55.2 Å². The maximum absolute atomic E-state index is 13.0. The minimum Gasteiger partial charge on any atom is -0.356 e. The van der Waals surface area contributed by atoms with Crippen molar-refractivity contribution in [1.82, 2.24) is 20.2 Å². The second-order valence-corrected chi connectivity index (χ2v) is 10.6. The summed E-state index contributed by atoms with van der Waals surface area (Å²) in [5.74, 6) is 1.13. The van der Waals surface area contributed by atoms with E-state index < -0.39 is 10.0 Å². The monoisotopic (exact) mass is 491 g/mol. The van der Waals surface area contributed by atoms with E-state index in [-0.39, 0.29) is 11.8 Å². The lowest BCUT2D eigenvalue weighted by atomic mass is 9.95. The molecule has 1 aromatic heterocycles. The summed E-state index contributed by atoms with van der Waals surface area (Å²) in [4.78, 5) is 22.8. The molecule has 0 spiro atoms. The fourth-order valence-electron chi connectivity index (χ4n) is 4.83. The molecule has 8 nitrogen and oxygen atoms in total. The van der Waals surface area contributed by atoms with Gasteiger partial charge < -0.3 is 15.2 Å². The Labute approximate surface area is 205 Å². The first-order chi connectivity index (χ1) is 16.9. The average molecular weight is 492 g/mol. The van der Waals surface area contributed by atoms with Crippen molar-refractivity contribution in [2.24, 2.45) is 10.3 Å². The number of fused-ring (bicyclic) bond motifs is 1. The van der Waals surface area contributed by atoms with E-state index >= 15 is 0 Å². The lowest BCUT2D eigenvalue weighted by molar-refractivity contribution is -0.126. The quantitative estimate of drug-likeness (QED) is 0.565. The van der Waals surface area contributed by atoms with Crippen LogP contribution in [0.5, 0.6) is 0 Å². The third kappa shape index (κ3) is 4.60. The zero-order valence-corrected chi connectivity index (χ0v) is 20.7. The Kier molecular flexibility index (Phi) is 6.19. The van der Waals surface area contributed by atoms with Crippen LogP contribution < -0.4 is 5.32 Å². The maximum Gasteiger partial charge on any atom is 0.285 e. The van der Waals surface area contributed by atoms with Crippen LogP contribution in [0.25, 0.3) is 15.9 Å². The summed E-state index contributed by atoms with van der Waals surface area (Å²) in [7, 11) is -3.76. The molecule has 0 unspecified atom stereocenters. The summed E-state index contributed by atoms with van der Waals surface area (Å²) >= 11 is 0. The average Bonchev–Trinajstić information content (AvgIpc) is 3.40. The molecule has 0 atom stereocenters. The van der Waals surface area contributed by atoms with Gasteiger partial charge in [0.1, 0.15) is 16.6 Å². The number of piperidine rings is 1. The Hall–Kier alpha value is -3.46. The molecule has 35 heavy (non-hydrogen) atoms. The molecule has 0 bridgehead atoms. The van der Waals surface area contributed by atoms with Crippen LogP contribution in [0, 0.1) is 12.8 Å². The summed E-state index contributed by atoms with van der Waals surface area (Å²) in [5.41, 5.74) is 4.32. The number of nitrogens with zero attached hydrogens (tertiary/aromatic N) is 3. The van der Waals surface area contributed by atoms with Gasteiger partial charge in [-0.05, 0) is 43.9 Å². The van der Waals surface area contributed by atoms with Gasteiger partial charge in [-0.3, -0.25) is 4.79 Å². The van der Waals surface area contributed by atoms with E-state index in [9.17, 15) is 13.2 Å². The predicted octanol–water partition coefficient (Wildman–Crippen LogP) is 3.76. The molecule has 1 amide bonds. The SMILES string of the molecule is CCC1=C(c2ccc(C)cc2)S(=O)(=O)N=C1N1CCC(C(=O)NCc2nc3ccccc3[nH]2)CC1. The number of amides is 1. The van der Waals surface area contributed by atoms with Gasteiger partial charge in [-0.2, -0.15) is 8.42 Å². The number of amidine groups is 1. The Bertz CT molecular complexity index is 1400. The summed E-state index contributed by atoms with van der Waals surface area (Å²) in [6, 6.07) is 15.3.